The summed E-state index contributed by atoms with van der Waals surface area (Å²) in [5, 5.41) is 11.0. The van der Waals surface area contributed by atoms with Gasteiger partial charge in [0.2, 0.25) is 0 Å². The van der Waals surface area contributed by atoms with Crippen LogP contribution in [0.1, 0.15) is 11.7 Å². The Hall–Kier alpha value is -2.67. The van der Waals surface area contributed by atoms with Gasteiger partial charge in [0.15, 0.2) is 0 Å². The van der Waals surface area contributed by atoms with Crippen molar-refractivity contribution < 1.29 is 9.84 Å². The minimum absolute atomic E-state index is 0.0846. The van der Waals surface area contributed by atoms with E-state index in [0.29, 0.717) is 20.8 Å². The number of rotatable bonds is 5. The molecule has 1 unspecified atom stereocenters. The normalized spacial score (nSPS) is 12.2. The predicted octanol–water partition coefficient (Wildman–Crippen LogP) is 4.52. The second-order valence-electron chi connectivity index (χ2n) is 6.29. The van der Waals surface area contributed by atoms with E-state index >= 15 is 0 Å². The number of aliphatic hydroxyl groups is 1. The summed E-state index contributed by atoms with van der Waals surface area (Å²) < 4.78 is 7.16. The Morgan fingerprint density at radius 3 is 2.68 bits per heavy atom. The van der Waals surface area contributed by atoms with Crippen LogP contribution in [-0.4, -0.2) is 21.8 Å². The molecule has 0 radical (unpaired) electrons. The van der Waals surface area contributed by atoms with E-state index in [9.17, 15) is 9.90 Å². The molecule has 0 aliphatic heterocycles. The van der Waals surface area contributed by atoms with Crippen molar-refractivity contribution in [2.24, 2.45) is 0 Å². The number of nitrogens with zero attached hydrogens (tertiary/aromatic N) is 2. The highest BCUT2D eigenvalue weighted by Crippen LogP contribution is 2.32. The molecule has 1 atom stereocenters. The number of ether oxygens (including phenoxy) is 1. The fraction of sp³-hybridized carbons (Fsp3) is 0.143. The van der Waals surface area contributed by atoms with Gasteiger partial charge < -0.3 is 9.84 Å². The zero-order chi connectivity index (χ0) is 19.7. The van der Waals surface area contributed by atoms with E-state index in [2.05, 4.69) is 4.98 Å². The first-order chi connectivity index (χ1) is 13.6. The van der Waals surface area contributed by atoms with E-state index in [4.69, 9.17) is 16.3 Å². The molecule has 7 heteroatoms. The average molecular weight is 413 g/mol. The molecule has 0 amide bonds. The summed E-state index contributed by atoms with van der Waals surface area (Å²) in [5.41, 5.74) is 2.04. The van der Waals surface area contributed by atoms with E-state index in [1.54, 1.807) is 31.4 Å². The quantitative estimate of drug-likeness (QED) is 0.523. The molecular weight excluding hydrogens is 396 g/mol. The van der Waals surface area contributed by atoms with Crippen molar-refractivity contribution in [1.82, 2.24) is 9.55 Å². The van der Waals surface area contributed by atoms with E-state index in [-0.39, 0.29) is 12.1 Å². The van der Waals surface area contributed by atoms with E-state index in [0.717, 1.165) is 16.2 Å². The van der Waals surface area contributed by atoms with Crippen LogP contribution in [-0.2, 0) is 6.54 Å². The first kappa shape index (κ1) is 18.7. The molecule has 0 aliphatic rings. The van der Waals surface area contributed by atoms with Crippen LogP contribution in [0.4, 0.5) is 0 Å². The Balaban J connectivity index is 1.67. The van der Waals surface area contributed by atoms with Gasteiger partial charge in [0, 0.05) is 15.5 Å². The lowest BCUT2D eigenvalue weighted by molar-refractivity contribution is 0.155. The maximum absolute atomic E-state index is 12.9. The first-order valence-corrected chi connectivity index (χ1v) is 9.82. The lowest BCUT2D eigenvalue weighted by Gasteiger charge is -2.13. The second kappa shape index (κ2) is 7.75. The Labute approximate surface area is 170 Å². The van der Waals surface area contributed by atoms with Gasteiger partial charge in [-0.15, -0.1) is 11.3 Å². The van der Waals surface area contributed by atoms with Crippen molar-refractivity contribution in [3.05, 3.63) is 81.9 Å². The number of halogens is 1. The monoisotopic (exact) mass is 412 g/mol. The van der Waals surface area contributed by atoms with E-state index < -0.39 is 6.10 Å². The van der Waals surface area contributed by atoms with Gasteiger partial charge in [-0.2, -0.15) is 0 Å². The molecule has 0 saturated carbocycles. The van der Waals surface area contributed by atoms with Crippen molar-refractivity contribution in [1.29, 1.82) is 0 Å². The largest absolute Gasteiger partial charge is 0.497 e. The van der Waals surface area contributed by atoms with Crippen LogP contribution in [0.3, 0.4) is 0 Å². The van der Waals surface area contributed by atoms with Gasteiger partial charge in [-0.25, -0.2) is 4.98 Å². The average Bonchev–Trinajstić information content (AvgIpc) is 3.15. The van der Waals surface area contributed by atoms with Crippen LogP contribution in [0.25, 0.3) is 20.7 Å². The van der Waals surface area contributed by atoms with E-state index in [1.165, 1.54) is 22.2 Å². The summed E-state index contributed by atoms with van der Waals surface area (Å²) in [6.45, 7) is 0.0846. The molecule has 0 spiro atoms. The molecule has 2 heterocycles. The van der Waals surface area contributed by atoms with Crippen LogP contribution in [0.2, 0.25) is 5.02 Å². The van der Waals surface area contributed by atoms with Gasteiger partial charge in [0.1, 0.15) is 10.4 Å². The molecule has 0 saturated heterocycles. The summed E-state index contributed by atoms with van der Waals surface area (Å²) in [6.07, 6.45) is 0.571. The highest BCUT2D eigenvalue weighted by molar-refractivity contribution is 7.22. The molecule has 0 bridgehead atoms. The zero-order valence-electron chi connectivity index (χ0n) is 15.0. The molecule has 2 aromatic carbocycles. The summed E-state index contributed by atoms with van der Waals surface area (Å²) in [6, 6.07) is 16.6. The van der Waals surface area contributed by atoms with Gasteiger partial charge in [-0.3, -0.25) is 9.36 Å². The third-order valence-electron chi connectivity index (χ3n) is 4.51. The third kappa shape index (κ3) is 3.54. The summed E-state index contributed by atoms with van der Waals surface area (Å²) in [5.74, 6) is 0.777. The van der Waals surface area contributed by atoms with Crippen LogP contribution in [0.5, 0.6) is 5.75 Å². The van der Waals surface area contributed by atoms with Gasteiger partial charge in [-0.1, -0.05) is 29.8 Å². The topological polar surface area (TPSA) is 64.3 Å². The fourth-order valence-electron chi connectivity index (χ4n) is 3.00. The van der Waals surface area contributed by atoms with Crippen LogP contribution in [0, 0.1) is 0 Å². The molecular formula is C21H17ClN2O3S. The molecule has 0 aliphatic carbocycles. The number of hydrogen-bond donors (Lipinski definition) is 1. The number of benzene rings is 2. The van der Waals surface area contributed by atoms with Crippen LogP contribution in [0.15, 0.2) is 65.7 Å². The first-order valence-electron chi connectivity index (χ1n) is 8.62. The number of aliphatic hydroxyl groups excluding tert-OH is 1. The highest BCUT2D eigenvalue weighted by Gasteiger charge is 2.15. The predicted molar refractivity (Wildman–Crippen MR) is 112 cm³/mol. The third-order valence-corrected chi connectivity index (χ3v) is 6.02. The zero-order valence-corrected chi connectivity index (χ0v) is 16.6. The van der Waals surface area contributed by atoms with Crippen molar-refractivity contribution >= 4 is 33.2 Å². The number of methoxy groups -OCH3 is 1. The van der Waals surface area contributed by atoms with Gasteiger partial charge in [0.25, 0.3) is 5.56 Å². The molecule has 142 valence electrons. The summed E-state index contributed by atoms with van der Waals surface area (Å²) >= 11 is 7.53. The lowest BCUT2D eigenvalue weighted by atomic mass is 10.1. The molecule has 28 heavy (non-hydrogen) atoms. The van der Waals surface area contributed by atoms with Crippen molar-refractivity contribution in [2.45, 2.75) is 12.6 Å². The van der Waals surface area contributed by atoms with E-state index in [1.807, 2.05) is 30.3 Å². The Morgan fingerprint density at radius 2 is 1.96 bits per heavy atom. The molecule has 5 nitrogen and oxygen atoms in total. The van der Waals surface area contributed by atoms with Crippen LogP contribution < -0.4 is 10.3 Å². The highest BCUT2D eigenvalue weighted by atomic mass is 35.5. The second-order valence-corrected chi connectivity index (χ2v) is 7.75. The molecule has 2 aromatic heterocycles. The van der Waals surface area contributed by atoms with Crippen molar-refractivity contribution in [2.75, 3.05) is 7.11 Å². The Morgan fingerprint density at radius 1 is 1.21 bits per heavy atom. The van der Waals surface area contributed by atoms with Gasteiger partial charge in [0.05, 0.1) is 31.6 Å². The SMILES string of the molecule is COc1ccc(-c2cc3ncn(CC(O)c4ccccc4Cl)c(=O)c3s2)cc1. The number of hydrogen-bond acceptors (Lipinski definition) is 5. The summed E-state index contributed by atoms with van der Waals surface area (Å²) in [7, 11) is 1.62. The van der Waals surface area contributed by atoms with Gasteiger partial charge in [-0.05, 0) is 42.0 Å². The molecule has 1 N–H and O–H groups in total. The van der Waals surface area contributed by atoms with Gasteiger partial charge >= 0.3 is 0 Å². The smallest absolute Gasteiger partial charge is 0.271 e. The lowest BCUT2D eigenvalue weighted by Crippen LogP contribution is -2.23. The maximum Gasteiger partial charge on any atom is 0.271 e. The number of fused-ring (bicyclic) bond motifs is 1. The fourth-order valence-corrected chi connectivity index (χ4v) is 4.33. The van der Waals surface area contributed by atoms with Crippen molar-refractivity contribution in [3.63, 3.8) is 0 Å². The number of aromatic nitrogens is 2. The maximum atomic E-state index is 12.9. The Bertz CT molecular complexity index is 1180. The van der Waals surface area contributed by atoms with Crippen LogP contribution >= 0.6 is 22.9 Å². The molecule has 4 aromatic rings. The molecule has 0 fully saturated rings. The Kier molecular flexibility index (Phi) is 5.17. The number of thiophene rings is 1. The van der Waals surface area contributed by atoms with Crippen molar-refractivity contribution in [3.8, 4) is 16.2 Å². The minimum atomic E-state index is -0.897. The standard InChI is InChI=1S/C21H17ClN2O3S/c1-27-14-8-6-13(7-9-14)19-10-17-20(28-19)21(26)24(12-23-17)11-18(25)15-4-2-3-5-16(15)22/h2-10,12,18,25H,11H2,1H3. The summed E-state index contributed by atoms with van der Waals surface area (Å²) in [4.78, 5) is 18.2. The molecule has 4 rings (SSSR count). The minimum Gasteiger partial charge on any atom is -0.497 e.